The van der Waals surface area contributed by atoms with Crippen LogP contribution in [0.1, 0.15) is 22.3 Å². The van der Waals surface area contributed by atoms with Crippen molar-refractivity contribution in [3.8, 4) is 44.5 Å². The minimum absolute atomic E-state index is 0.845. The van der Waals surface area contributed by atoms with Gasteiger partial charge in [0.1, 0.15) is 0 Å². The zero-order chi connectivity index (χ0) is 35.1. The predicted octanol–water partition coefficient (Wildman–Crippen LogP) is 13.4. The molecule has 0 spiro atoms. The van der Waals surface area contributed by atoms with Crippen LogP contribution in [0.4, 0.5) is 22.7 Å². The minimum Gasteiger partial charge on any atom is -0.310 e. The maximum absolute atomic E-state index is 5.06. The molecule has 2 aliphatic rings. The van der Waals surface area contributed by atoms with Crippen LogP contribution in [0.2, 0.25) is 0 Å². The van der Waals surface area contributed by atoms with E-state index in [4.69, 9.17) is 4.99 Å². The number of fused-ring (bicyclic) bond motifs is 4. The molecule has 10 rings (SSSR count). The molecule has 0 atom stereocenters. The topological polar surface area (TPSA) is 15.6 Å². The van der Waals surface area contributed by atoms with Crippen LogP contribution in [0, 0.1) is 0 Å². The van der Waals surface area contributed by atoms with Gasteiger partial charge >= 0.3 is 0 Å². The fraction of sp³-hybridized carbons (Fsp3) is 0.0392. The van der Waals surface area contributed by atoms with E-state index in [1.54, 1.807) is 0 Å². The number of aliphatic imine (C=N–C) groups is 1. The number of anilines is 3. The summed E-state index contributed by atoms with van der Waals surface area (Å²) >= 11 is 0. The van der Waals surface area contributed by atoms with Gasteiger partial charge in [0.15, 0.2) is 0 Å². The predicted molar refractivity (Wildman–Crippen MR) is 222 cm³/mol. The molecule has 0 radical (unpaired) electrons. The van der Waals surface area contributed by atoms with E-state index in [0.29, 0.717) is 0 Å². The monoisotopic (exact) mass is 676 g/mol. The van der Waals surface area contributed by atoms with Crippen molar-refractivity contribution in [2.24, 2.45) is 4.99 Å². The number of hydrogen-bond donors (Lipinski definition) is 0. The Morgan fingerprint density at radius 2 is 0.925 bits per heavy atom. The van der Waals surface area contributed by atoms with E-state index in [1.165, 1.54) is 72.4 Å². The molecule has 0 aromatic heterocycles. The molecule has 250 valence electrons. The van der Waals surface area contributed by atoms with E-state index in [2.05, 4.69) is 199 Å². The van der Waals surface area contributed by atoms with Crippen molar-refractivity contribution in [3.63, 3.8) is 0 Å². The molecule has 0 saturated carbocycles. The second kappa shape index (κ2) is 13.1. The summed E-state index contributed by atoms with van der Waals surface area (Å²) in [5.74, 6) is 0. The van der Waals surface area contributed by atoms with Gasteiger partial charge in [0.05, 0.1) is 17.1 Å². The van der Waals surface area contributed by atoms with Gasteiger partial charge in [-0.05, 0) is 104 Å². The molecule has 0 N–H and O–H groups in total. The van der Waals surface area contributed by atoms with Crippen LogP contribution in [0.15, 0.2) is 199 Å². The van der Waals surface area contributed by atoms with Gasteiger partial charge in [-0.2, -0.15) is 0 Å². The molecule has 2 nitrogen and oxygen atoms in total. The Kier molecular flexibility index (Phi) is 7.66. The number of hydrogen-bond acceptors (Lipinski definition) is 2. The van der Waals surface area contributed by atoms with Gasteiger partial charge in [-0.15, -0.1) is 0 Å². The third-order valence-corrected chi connectivity index (χ3v) is 10.8. The first-order valence-electron chi connectivity index (χ1n) is 18.4. The highest BCUT2D eigenvalue weighted by molar-refractivity contribution is 6.08. The van der Waals surface area contributed by atoms with E-state index in [9.17, 15) is 0 Å². The average Bonchev–Trinajstić information content (AvgIpc) is 3.85. The molecule has 8 aromatic carbocycles. The lowest BCUT2D eigenvalue weighted by molar-refractivity contribution is 1.24. The van der Waals surface area contributed by atoms with Crippen molar-refractivity contribution in [2.75, 3.05) is 4.90 Å². The molecule has 0 unspecified atom stereocenters. The molecule has 0 bridgehead atoms. The van der Waals surface area contributed by atoms with Crippen molar-refractivity contribution >= 4 is 28.5 Å². The Labute approximate surface area is 311 Å². The molecule has 0 amide bonds. The van der Waals surface area contributed by atoms with Crippen LogP contribution in [-0.4, -0.2) is 5.71 Å². The largest absolute Gasteiger partial charge is 0.310 e. The highest BCUT2D eigenvalue weighted by Gasteiger charge is 2.27. The Hall–Kier alpha value is -6.77. The van der Waals surface area contributed by atoms with Gasteiger partial charge in [-0.1, -0.05) is 158 Å². The number of rotatable bonds is 7. The maximum Gasteiger partial charge on any atom is 0.0675 e. The van der Waals surface area contributed by atoms with Gasteiger partial charge in [-0.3, -0.25) is 4.99 Å². The van der Waals surface area contributed by atoms with Gasteiger partial charge in [0, 0.05) is 23.4 Å². The summed E-state index contributed by atoms with van der Waals surface area (Å²) in [5, 5.41) is 0. The minimum atomic E-state index is 0.845. The van der Waals surface area contributed by atoms with Crippen LogP contribution in [0.5, 0.6) is 0 Å². The van der Waals surface area contributed by atoms with Crippen molar-refractivity contribution in [1.29, 1.82) is 0 Å². The molecule has 2 heteroatoms. The Balaban J connectivity index is 1.05. The Morgan fingerprint density at radius 1 is 0.377 bits per heavy atom. The third-order valence-electron chi connectivity index (χ3n) is 10.8. The number of nitrogens with zero attached hydrogens (tertiary/aromatic N) is 2. The Morgan fingerprint density at radius 3 is 1.55 bits per heavy atom. The van der Waals surface area contributed by atoms with E-state index in [-0.39, 0.29) is 0 Å². The molecule has 0 saturated heterocycles. The second-order valence-electron chi connectivity index (χ2n) is 13.9. The molecule has 1 heterocycles. The summed E-state index contributed by atoms with van der Waals surface area (Å²) in [5.41, 5.74) is 20.9. The first kappa shape index (κ1) is 31.0. The smallest absolute Gasteiger partial charge is 0.0675 e. The maximum atomic E-state index is 5.06. The molecule has 1 aliphatic heterocycles. The normalized spacial score (nSPS) is 12.5. The van der Waals surface area contributed by atoms with Crippen molar-refractivity contribution < 1.29 is 0 Å². The lowest BCUT2D eigenvalue weighted by Gasteiger charge is -2.28. The third kappa shape index (κ3) is 5.66. The molecule has 0 fully saturated rings. The van der Waals surface area contributed by atoms with Gasteiger partial charge in [0.25, 0.3) is 0 Å². The van der Waals surface area contributed by atoms with Crippen LogP contribution in [0.3, 0.4) is 0 Å². The summed E-state index contributed by atoms with van der Waals surface area (Å²) in [6.45, 7) is 0. The van der Waals surface area contributed by atoms with Crippen molar-refractivity contribution in [1.82, 2.24) is 0 Å². The first-order valence-corrected chi connectivity index (χ1v) is 18.4. The lowest BCUT2D eigenvalue weighted by Crippen LogP contribution is -2.11. The molecule has 53 heavy (non-hydrogen) atoms. The quantitative estimate of drug-likeness (QED) is 0.164. The van der Waals surface area contributed by atoms with Crippen molar-refractivity contribution in [3.05, 3.63) is 216 Å². The van der Waals surface area contributed by atoms with E-state index < -0.39 is 0 Å². The van der Waals surface area contributed by atoms with Gasteiger partial charge < -0.3 is 4.90 Å². The summed E-state index contributed by atoms with van der Waals surface area (Å²) < 4.78 is 0. The number of benzene rings is 8. The fourth-order valence-corrected chi connectivity index (χ4v) is 8.17. The fourth-order valence-electron chi connectivity index (χ4n) is 8.17. The average molecular weight is 677 g/mol. The lowest BCUT2D eigenvalue weighted by atomic mass is 9.92. The highest BCUT2D eigenvalue weighted by atomic mass is 15.1. The first-order chi connectivity index (χ1) is 26.3. The molecule has 8 aromatic rings. The van der Waals surface area contributed by atoms with Crippen LogP contribution >= 0.6 is 0 Å². The Bertz CT molecular complexity index is 2540. The second-order valence-corrected chi connectivity index (χ2v) is 13.9. The van der Waals surface area contributed by atoms with Crippen LogP contribution in [-0.2, 0) is 12.8 Å². The SMILES string of the molecule is c1ccc(C2=Nc3cccc(-c4ccc5c(c4)Cc4cccc(N(c6ccc(-c7ccccc7)cc6)c6ccc(-c7ccccc7)cc6)c4-5)c3C2)cc1. The summed E-state index contributed by atoms with van der Waals surface area (Å²) in [7, 11) is 0. The molecular formula is C51H36N2. The highest BCUT2D eigenvalue weighted by Crippen LogP contribution is 2.49. The van der Waals surface area contributed by atoms with Gasteiger partial charge in [-0.25, -0.2) is 0 Å². The van der Waals surface area contributed by atoms with Crippen LogP contribution in [0.25, 0.3) is 44.5 Å². The summed E-state index contributed by atoms with van der Waals surface area (Å²) in [6.07, 6.45) is 1.75. The van der Waals surface area contributed by atoms with Gasteiger partial charge in [0.2, 0.25) is 0 Å². The van der Waals surface area contributed by atoms with E-state index in [1.807, 2.05) is 0 Å². The van der Waals surface area contributed by atoms with Crippen molar-refractivity contribution in [2.45, 2.75) is 12.8 Å². The zero-order valence-corrected chi connectivity index (χ0v) is 29.3. The molecular weight excluding hydrogens is 641 g/mol. The zero-order valence-electron chi connectivity index (χ0n) is 29.3. The molecule has 1 aliphatic carbocycles. The van der Waals surface area contributed by atoms with E-state index >= 15 is 0 Å². The van der Waals surface area contributed by atoms with E-state index in [0.717, 1.165) is 35.6 Å². The standard InChI is InChI=1S/C51H36N2/c1-4-12-35(13-5-1)37-22-27-43(28-23-37)53(44-29-24-38(25-30-44)36-14-6-2-7-15-36)50-21-10-18-41-33-42-32-40(26-31-46(42)51(41)50)45-19-11-20-48-47(45)34-49(52-48)39-16-8-3-9-17-39/h1-32H,33-34H2. The summed E-state index contributed by atoms with van der Waals surface area (Å²) in [4.78, 5) is 7.49. The van der Waals surface area contributed by atoms with Crippen LogP contribution < -0.4 is 4.90 Å². The summed E-state index contributed by atoms with van der Waals surface area (Å²) in [6, 6.07) is 70.2.